The molecule has 0 aliphatic heterocycles. The van der Waals surface area contributed by atoms with Crippen LogP contribution in [0.5, 0.6) is 0 Å². The number of alkyl halides is 2. The fourth-order valence-electron chi connectivity index (χ4n) is 1.36. The predicted octanol–water partition coefficient (Wildman–Crippen LogP) is 2.09. The van der Waals surface area contributed by atoms with Crippen molar-refractivity contribution in [2.75, 3.05) is 12.3 Å². The molecule has 0 atom stereocenters. The van der Waals surface area contributed by atoms with Crippen molar-refractivity contribution < 1.29 is 18.3 Å². The van der Waals surface area contributed by atoms with E-state index in [4.69, 9.17) is 5.73 Å². The van der Waals surface area contributed by atoms with Gasteiger partial charge in [0.25, 0.3) is 6.43 Å². The number of rotatable bonds is 3. The largest absolute Gasteiger partial charge is 0.462 e. The van der Waals surface area contributed by atoms with Crippen LogP contribution in [0.1, 0.15) is 35.0 Å². The molecule has 0 radical (unpaired) electrons. The van der Waals surface area contributed by atoms with E-state index >= 15 is 0 Å². The molecule has 1 aromatic rings. The number of halogens is 2. The highest BCUT2D eigenvalue weighted by molar-refractivity contribution is 5.92. The van der Waals surface area contributed by atoms with Gasteiger partial charge < -0.3 is 10.5 Å². The van der Waals surface area contributed by atoms with E-state index in [2.05, 4.69) is 9.72 Å². The van der Waals surface area contributed by atoms with Crippen molar-refractivity contribution in [1.82, 2.24) is 4.98 Å². The second kappa shape index (κ2) is 4.87. The van der Waals surface area contributed by atoms with Gasteiger partial charge in [-0.25, -0.2) is 18.6 Å². The molecule has 0 spiro atoms. The summed E-state index contributed by atoms with van der Waals surface area (Å²) in [4.78, 5) is 15.2. The number of hydrogen-bond acceptors (Lipinski definition) is 4. The Morgan fingerprint density at radius 2 is 2.25 bits per heavy atom. The van der Waals surface area contributed by atoms with Crippen LogP contribution in [0.4, 0.5) is 14.6 Å². The van der Waals surface area contributed by atoms with Crippen LogP contribution in [-0.2, 0) is 4.74 Å². The number of ether oxygens (including phenoxy) is 1. The Morgan fingerprint density at radius 3 is 2.75 bits per heavy atom. The SMILES string of the molecule is CCOC(=O)c1c(C(F)F)cc(N)nc1C. The molecule has 1 aromatic heterocycles. The van der Waals surface area contributed by atoms with Crippen LogP contribution >= 0.6 is 0 Å². The van der Waals surface area contributed by atoms with Crippen molar-refractivity contribution in [3.63, 3.8) is 0 Å². The first-order valence-corrected chi connectivity index (χ1v) is 4.69. The van der Waals surface area contributed by atoms with Gasteiger partial charge in [-0.05, 0) is 19.9 Å². The van der Waals surface area contributed by atoms with Crippen molar-refractivity contribution in [3.8, 4) is 0 Å². The molecule has 16 heavy (non-hydrogen) atoms. The highest BCUT2D eigenvalue weighted by atomic mass is 19.3. The van der Waals surface area contributed by atoms with Crippen LogP contribution in [0.3, 0.4) is 0 Å². The van der Waals surface area contributed by atoms with Crippen LogP contribution in [0, 0.1) is 6.92 Å². The average molecular weight is 230 g/mol. The predicted molar refractivity (Wildman–Crippen MR) is 54.3 cm³/mol. The first kappa shape index (κ1) is 12.4. The number of hydrogen-bond donors (Lipinski definition) is 1. The number of anilines is 1. The highest BCUT2D eigenvalue weighted by Crippen LogP contribution is 2.26. The lowest BCUT2D eigenvalue weighted by atomic mass is 10.1. The van der Waals surface area contributed by atoms with Crippen molar-refractivity contribution in [3.05, 3.63) is 22.9 Å². The summed E-state index contributed by atoms with van der Waals surface area (Å²) in [7, 11) is 0. The minimum Gasteiger partial charge on any atom is -0.462 e. The fraction of sp³-hybridized carbons (Fsp3) is 0.400. The van der Waals surface area contributed by atoms with Gasteiger partial charge in [0.2, 0.25) is 0 Å². The molecule has 2 N–H and O–H groups in total. The molecule has 0 unspecified atom stereocenters. The molecule has 1 heterocycles. The van der Waals surface area contributed by atoms with Gasteiger partial charge >= 0.3 is 5.97 Å². The van der Waals surface area contributed by atoms with Crippen molar-refractivity contribution in [2.45, 2.75) is 20.3 Å². The number of pyridine rings is 1. The molecule has 0 aliphatic carbocycles. The third-order valence-corrected chi connectivity index (χ3v) is 1.97. The van der Waals surface area contributed by atoms with Crippen molar-refractivity contribution in [1.29, 1.82) is 0 Å². The van der Waals surface area contributed by atoms with E-state index < -0.39 is 18.0 Å². The maximum atomic E-state index is 12.7. The van der Waals surface area contributed by atoms with E-state index in [1.807, 2.05) is 0 Å². The van der Waals surface area contributed by atoms with E-state index in [1.54, 1.807) is 6.92 Å². The van der Waals surface area contributed by atoms with Crippen molar-refractivity contribution in [2.24, 2.45) is 0 Å². The van der Waals surface area contributed by atoms with E-state index in [0.717, 1.165) is 6.07 Å². The first-order valence-electron chi connectivity index (χ1n) is 4.69. The third kappa shape index (κ3) is 2.44. The topological polar surface area (TPSA) is 65.2 Å². The molecule has 0 saturated heterocycles. The minimum absolute atomic E-state index is 0.0409. The van der Waals surface area contributed by atoms with Crippen LogP contribution in [0.15, 0.2) is 6.07 Å². The molecule has 0 fully saturated rings. The van der Waals surface area contributed by atoms with Gasteiger partial charge in [-0.3, -0.25) is 0 Å². The second-order valence-electron chi connectivity index (χ2n) is 3.12. The number of carbonyl (C=O) groups is 1. The minimum atomic E-state index is -2.79. The average Bonchev–Trinajstić information content (AvgIpc) is 2.16. The van der Waals surface area contributed by atoms with E-state index in [-0.39, 0.29) is 23.7 Å². The highest BCUT2D eigenvalue weighted by Gasteiger charge is 2.23. The quantitative estimate of drug-likeness (QED) is 0.807. The molecule has 0 amide bonds. The van der Waals surface area contributed by atoms with Gasteiger partial charge in [0.1, 0.15) is 5.82 Å². The number of carbonyl (C=O) groups excluding carboxylic acids is 1. The Hall–Kier alpha value is -1.72. The zero-order valence-corrected chi connectivity index (χ0v) is 8.96. The summed E-state index contributed by atoms with van der Waals surface area (Å²) in [6.07, 6.45) is -2.79. The first-order chi connectivity index (χ1) is 7.47. The number of esters is 1. The van der Waals surface area contributed by atoms with Gasteiger partial charge in [0, 0.05) is 5.56 Å². The zero-order valence-electron chi connectivity index (χ0n) is 8.96. The molecular formula is C10H12F2N2O2. The summed E-state index contributed by atoms with van der Waals surface area (Å²) in [6.45, 7) is 3.15. The fourth-order valence-corrected chi connectivity index (χ4v) is 1.36. The molecule has 88 valence electrons. The molecule has 1 rings (SSSR count). The zero-order chi connectivity index (χ0) is 12.3. The van der Waals surface area contributed by atoms with Crippen LogP contribution in [0.2, 0.25) is 0 Å². The molecule has 0 bridgehead atoms. The Morgan fingerprint density at radius 1 is 1.62 bits per heavy atom. The van der Waals surface area contributed by atoms with Crippen molar-refractivity contribution >= 4 is 11.8 Å². The van der Waals surface area contributed by atoms with E-state index in [0.29, 0.717) is 0 Å². The number of aryl methyl sites for hydroxylation is 1. The lowest BCUT2D eigenvalue weighted by molar-refractivity contribution is 0.0514. The smallest absolute Gasteiger partial charge is 0.340 e. The molecule has 0 saturated carbocycles. The Balaban J connectivity index is 3.29. The molecular weight excluding hydrogens is 218 g/mol. The summed E-state index contributed by atoms with van der Waals surface area (Å²) >= 11 is 0. The van der Waals surface area contributed by atoms with E-state index in [1.165, 1.54) is 6.92 Å². The number of aromatic nitrogens is 1. The van der Waals surface area contributed by atoms with Crippen LogP contribution in [-0.4, -0.2) is 17.6 Å². The Bertz CT molecular complexity index is 408. The normalized spacial score (nSPS) is 10.6. The summed E-state index contributed by atoms with van der Waals surface area (Å²) in [5.41, 5.74) is 4.85. The van der Waals surface area contributed by atoms with Crippen LogP contribution < -0.4 is 5.73 Å². The number of nitrogen functional groups attached to an aromatic ring is 1. The molecule has 0 aromatic carbocycles. The Labute approximate surface area is 91.4 Å². The van der Waals surface area contributed by atoms with Gasteiger partial charge in [-0.2, -0.15) is 0 Å². The van der Waals surface area contributed by atoms with Gasteiger partial charge in [-0.15, -0.1) is 0 Å². The monoisotopic (exact) mass is 230 g/mol. The van der Waals surface area contributed by atoms with Gasteiger partial charge in [0.05, 0.1) is 17.9 Å². The summed E-state index contributed by atoms with van der Waals surface area (Å²) in [6, 6.07) is 0.990. The third-order valence-electron chi connectivity index (χ3n) is 1.97. The summed E-state index contributed by atoms with van der Waals surface area (Å²) < 4.78 is 30.1. The maximum absolute atomic E-state index is 12.7. The van der Waals surface area contributed by atoms with E-state index in [9.17, 15) is 13.6 Å². The summed E-state index contributed by atoms with van der Waals surface area (Å²) in [5.74, 6) is -0.844. The van der Waals surface area contributed by atoms with Gasteiger partial charge in [0.15, 0.2) is 0 Å². The second-order valence-corrected chi connectivity index (χ2v) is 3.12. The van der Waals surface area contributed by atoms with Gasteiger partial charge in [-0.1, -0.05) is 0 Å². The standard InChI is InChI=1S/C10H12F2N2O2/c1-3-16-10(15)8-5(2)14-7(13)4-6(8)9(11)12/h4,9H,3H2,1-2H3,(H2,13,14). The lowest BCUT2D eigenvalue weighted by Gasteiger charge is -2.11. The molecule has 6 heteroatoms. The maximum Gasteiger partial charge on any atom is 0.340 e. The molecule has 4 nitrogen and oxygen atoms in total. The lowest BCUT2D eigenvalue weighted by Crippen LogP contribution is -2.13. The number of nitrogens with two attached hydrogens (primary N) is 1. The van der Waals surface area contributed by atoms with Crippen LogP contribution in [0.25, 0.3) is 0 Å². The Kier molecular flexibility index (Phi) is 3.76. The summed E-state index contributed by atoms with van der Waals surface area (Å²) in [5, 5.41) is 0. The molecule has 0 aliphatic rings. The number of nitrogens with zero attached hydrogens (tertiary/aromatic N) is 1.